The molecule has 0 aliphatic rings. The highest BCUT2D eigenvalue weighted by molar-refractivity contribution is 6.35. The second kappa shape index (κ2) is 8.54. The first-order valence-electron chi connectivity index (χ1n) is 9.11. The van der Waals surface area contributed by atoms with Crippen LogP contribution in [0.2, 0.25) is 5.02 Å². The lowest BCUT2D eigenvalue weighted by molar-refractivity contribution is -0.893. The van der Waals surface area contributed by atoms with Gasteiger partial charge in [0.05, 0.1) is 5.02 Å². The van der Waals surface area contributed by atoms with Crippen LogP contribution in [0.15, 0.2) is 18.2 Å². The number of pyridine rings is 1. The van der Waals surface area contributed by atoms with Gasteiger partial charge in [-0.1, -0.05) is 50.6 Å². The average molecular weight is 376 g/mol. The van der Waals surface area contributed by atoms with Crippen molar-refractivity contribution in [3.05, 3.63) is 56.9 Å². The van der Waals surface area contributed by atoms with Crippen LogP contribution < -0.4 is 14.9 Å². The number of carbonyl (C=O) groups is 1. The van der Waals surface area contributed by atoms with Crippen molar-refractivity contribution in [1.29, 1.82) is 0 Å². The fourth-order valence-electron chi connectivity index (χ4n) is 3.47. The largest absolute Gasteiger partial charge is 0.321 e. The van der Waals surface area contributed by atoms with E-state index in [-0.39, 0.29) is 5.91 Å². The summed E-state index contributed by atoms with van der Waals surface area (Å²) in [5.74, 6) is -0.205. The second-order valence-corrected chi connectivity index (χ2v) is 6.66. The molecule has 1 N–H and O–H groups in total. The van der Waals surface area contributed by atoms with Gasteiger partial charge in [-0.2, -0.15) is 0 Å². The van der Waals surface area contributed by atoms with Gasteiger partial charge in [0.2, 0.25) is 11.4 Å². The summed E-state index contributed by atoms with van der Waals surface area (Å²) in [6.45, 7) is 9.99. The summed E-state index contributed by atoms with van der Waals surface area (Å²) in [7, 11) is 1.59. The molecule has 2 aromatic rings. The van der Waals surface area contributed by atoms with E-state index in [1.807, 2.05) is 39.0 Å². The van der Waals surface area contributed by atoms with E-state index in [1.165, 1.54) is 0 Å². The second-order valence-electron chi connectivity index (χ2n) is 6.28. The zero-order valence-electron chi connectivity index (χ0n) is 16.5. The van der Waals surface area contributed by atoms with Crippen LogP contribution in [0.3, 0.4) is 0 Å². The Labute approximate surface area is 161 Å². The van der Waals surface area contributed by atoms with E-state index in [0.717, 1.165) is 47.3 Å². The van der Waals surface area contributed by atoms with Gasteiger partial charge in [-0.05, 0) is 30.4 Å². The molecule has 0 unspecified atom stereocenters. The van der Waals surface area contributed by atoms with Crippen molar-refractivity contribution in [2.75, 3.05) is 12.4 Å². The molecule has 0 atom stereocenters. The number of benzene rings is 1. The van der Waals surface area contributed by atoms with Gasteiger partial charge in [-0.15, -0.1) is 0 Å². The third kappa shape index (κ3) is 3.56. The van der Waals surface area contributed by atoms with Crippen LogP contribution in [0.25, 0.3) is 0 Å². The highest BCUT2D eigenvalue weighted by Gasteiger charge is 2.30. The van der Waals surface area contributed by atoms with Gasteiger partial charge < -0.3 is 5.32 Å². The number of halogens is 1. The number of aromatic nitrogens is 1. The molecular formula is C21H28ClN2O2+. The first-order chi connectivity index (χ1) is 12.4. The van der Waals surface area contributed by atoms with Crippen LogP contribution in [0.1, 0.15) is 59.2 Å². The molecule has 0 fully saturated rings. The zero-order chi connectivity index (χ0) is 19.4. The van der Waals surface area contributed by atoms with Gasteiger partial charge in [-0.3, -0.25) is 9.63 Å². The van der Waals surface area contributed by atoms with E-state index in [2.05, 4.69) is 19.2 Å². The van der Waals surface area contributed by atoms with Gasteiger partial charge >= 0.3 is 0 Å². The fraction of sp³-hybridized carbons (Fsp3) is 0.429. The van der Waals surface area contributed by atoms with Crippen LogP contribution in [0, 0.1) is 13.8 Å². The number of nitrogens with one attached hydrogen (secondary N) is 1. The Morgan fingerprint density at radius 2 is 1.65 bits per heavy atom. The molecule has 0 aliphatic heterocycles. The highest BCUT2D eigenvalue weighted by atomic mass is 35.5. The molecule has 1 amide bonds. The number of hydrogen-bond acceptors (Lipinski definition) is 2. The van der Waals surface area contributed by atoms with Crippen molar-refractivity contribution in [3.63, 3.8) is 0 Å². The number of rotatable bonds is 6. The Morgan fingerprint density at radius 3 is 2.12 bits per heavy atom. The smallest absolute Gasteiger partial charge is 0.263 e. The van der Waals surface area contributed by atoms with Crippen LogP contribution in [0.5, 0.6) is 0 Å². The quantitative estimate of drug-likeness (QED) is 0.767. The molecule has 1 aromatic carbocycles. The van der Waals surface area contributed by atoms with Crippen LogP contribution in [-0.2, 0) is 19.3 Å². The summed E-state index contributed by atoms with van der Waals surface area (Å²) < 4.78 is 1.67. The van der Waals surface area contributed by atoms with Gasteiger partial charge in [-0.25, -0.2) is 0 Å². The van der Waals surface area contributed by atoms with E-state index in [9.17, 15) is 4.79 Å². The molecule has 26 heavy (non-hydrogen) atoms. The molecular weight excluding hydrogens is 348 g/mol. The number of nitrogens with zero attached hydrogens (tertiary/aromatic N) is 1. The van der Waals surface area contributed by atoms with Crippen LogP contribution >= 0.6 is 11.6 Å². The van der Waals surface area contributed by atoms with E-state index in [1.54, 1.807) is 11.8 Å². The molecule has 5 heteroatoms. The minimum atomic E-state index is -0.205. The maximum absolute atomic E-state index is 13.2. The van der Waals surface area contributed by atoms with Crippen molar-refractivity contribution in [3.8, 4) is 0 Å². The maximum atomic E-state index is 13.2. The highest BCUT2D eigenvalue weighted by Crippen LogP contribution is 2.28. The summed E-state index contributed by atoms with van der Waals surface area (Å²) in [6, 6.07) is 6.13. The van der Waals surface area contributed by atoms with Crippen molar-refractivity contribution in [2.24, 2.45) is 0 Å². The van der Waals surface area contributed by atoms with E-state index >= 15 is 0 Å². The Morgan fingerprint density at radius 1 is 1.08 bits per heavy atom. The average Bonchev–Trinajstić information content (AvgIpc) is 2.62. The normalized spacial score (nSPS) is 10.7. The third-order valence-corrected chi connectivity index (χ3v) is 5.31. The topological polar surface area (TPSA) is 42.2 Å². The molecule has 2 rings (SSSR count). The Balaban J connectivity index is 2.59. The summed E-state index contributed by atoms with van der Waals surface area (Å²) in [6.07, 6.45) is 2.42. The number of aryl methyl sites for hydroxylation is 2. The Hall–Kier alpha value is -2.07. The molecule has 0 saturated carbocycles. The predicted octanol–water partition coefficient (Wildman–Crippen LogP) is 4.24. The molecule has 0 bridgehead atoms. The third-order valence-electron chi connectivity index (χ3n) is 4.89. The number of amides is 1. The van der Waals surface area contributed by atoms with Crippen LogP contribution in [-0.4, -0.2) is 13.0 Å². The summed E-state index contributed by atoms with van der Waals surface area (Å²) in [5.41, 5.74) is 6.12. The van der Waals surface area contributed by atoms with Gasteiger partial charge in [0.15, 0.2) is 0 Å². The molecule has 140 valence electrons. The molecule has 1 heterocycles. The van der Waals surface area contributed by atoms with Gasteiger partial charge in [0.1, 0.15) is 12.7 Å². The zero-order valence-corrected chi connectivity index (χ0v) is 17.3. The van der Waals surface area contributed by atoms with Crippen molar-refractivity contribution >= 4 is 23.2 Å². The molecule has 0 saturated heterocycles. The lowest BCUT2D eigenvalue weighted by Crippen LogP contribution is -2.48. The maximum Gasteiger partial charge on any atom is 0.263 e. The minimum absolute atomic E-state index is 0.205. The van der Waals surface area contributed by atoms with Crippen molar-refractivity contribution in [1.82, 2.24) is 0 Å². The SMILES string of the molecule is CCc1cccc(CC)c1NC(=O)c1c(Cl)c(CC)c(C)[n+](OC)c1C. The molecule has 0 aliphatic carbocycles. The van der Waals surface area contributed by atoms with Crippen molar-refractivity contribution < 1.29 is 14.4 Å². The van der Waals surface area contributed by atoms with E-state index in [4.69, 9.17) is 16.4 Å². The number of carbonyl (C=O) groups excluding carboxylic acids is 1. The Kier molecular flexibility index (Phi) is 6.65. The summed E-state index contributed by atoms with van der Waals surface area (Å²) >= 11 is 6.63. The van der Waals surface area contributed by atoms with E-state index in [0.29, 0.717) is 16.3 Å². The summed E-state index contributed by atoms with van der Waals surface area (Å²) in [4.78, 5) is 18.7. The van der Waals surface area contributed by atoms with E-state index < -0.39 is 0 Å². The number of anilines is 1. The standard InChI is InChI=1S/C21H27ClN2O2/c1-7-15-11-10-12-16(8-2)20(15)23-21(25)18-14(5)24(26-6)13(4)17(9-3)19(18)22/h10-12H,7-9H2,1-6H3/p+1. The lowest BCUT2D eigenvalue weighted by Gasteiger charge is -2.16. The fourth-order valence-corrected chi connectivity index (χ4v) is 3.97. The molecule has 0 spiro atoms. The Bertz CT molecular complexity index is 778. The number of hydrogen-bond donors (Lipinski definition) is 1. The first kappa shape index (κ1) is 20.2. The molecule has 0 radical (unpaired) electrons. The monoisotopic (exact) mass is 375 g/mol. The minimum Gasteiger partial charge on any atom is -0.321 e. The first-order valence-corrected chi connectivity index (χ1v) is 9.49. The molecule has 1 aromatic heterocycles. The number of para-hydroxylation sites is 1. The lowest BCUT2D eigenvalue weighted by atomic mass is 10.0. The van der Waals surface area contributed by atoms with Gasteiger partial charge in [0, 0.05) is 29.8 Å². The summed E-state index contributed by atoms with van der Waals surface area (Å²) in [5, 5.41) is 3.61. The van der Waals surface area contributed by atoms with Crippen LogP contribution in [0.4, 0.5) is 5.69 Å². The predicted molar refractivity (Wildman–Crippen MR) is 106 cm³/mol. The van der Waals surface area contributed by atoms with Crippen molar-refractivity contribution in [2.45, 2.75) is 53.9 Å². The van der Waals surface area contributed by atoms with Gasteiger partial charge in [0.25, 0.3) is 5.91 Å². The molecule has 4 nitrogen and oxygen atoms in total.